The van der Waals surface area contributed by atoms with Crippen LogP contribution in [0.1, 0.15) is 48.4 Å². The second-order valence-electron chi connectivity index (χ2n) is 9.36. The smallest absolute Gasteiger partial charge is 0.417 e. The lowest BCUT2D eigenvalue weighted by Crippen LogP contribution is -2.47. The zero-order chi connectivity index (χ0) is 31.6. The monoisotopic (exact) mass is 618 g/mol. The van der Waals surface area contributed by atoms with Crippen LogP contribution in [0.25, 0.3) is 0 Å². The van der Waals surface area contributed by atoms with Crippen molar-refractivity contribution in [3.63, 3.8) is 0 Å². The van der Waals surface area contributed by atoms with E-state index in [0.717, 1.165) is 24.1 Å². The Kier molecular flexibility index (Phi) is 8.88. The van der Waals surface area contributed by atoms with Gasteiger partial charge in [-0.3, -0.25) is 14.3 Å². The Morgan fingerprint density at radius 3 is 2.56 bits per heavy atom. The van der Waals surface area contributed by atoms with Crippen LogP contribution in [0.2, 0.25) is 0 Å². The van der Waals surface area contributed by atoms with E-state index in [9.17, 15) is 37.0 Å². The van der Waals surface area contributed by atoms with E-state index in [1.54, 1.807) is 7.05 Å². The van der Waals surface area contributed by atoms with E-state index < -0.39 is 52.1 Å². The number of halogens is 3. The van der Waals surface area contributed by atoms with Gasteiger partial charge in [0, 0.05) is 24.1 Å². The van der Waals surface area contributed by atoms with Gasteiger partial charge >= 0.3 is 12.1 Å². The van der Waals surface area contributed by atoms with E-state index in [0.29, 0.717) is 6.07 Å². The molecule has 12 nitrogen and oxygen atoms in total. The lowest BCUT2D eigenvalue weighted by atomic mass is 10.0. The molecule has 0 saturated carbocycles. The number of rotatable bonds is 8. The van der Waals surface area contributed by atoms with Crippen LogP contribution in [0.4, 0.5) is 24.5 Å². The molecule has 16 heteroatoms. The summed E-state index contributed by atoms with van der Waals surface area (Å²) >= 11 is 0. The van der Waals surface area contributed by atoms with Crippen molar-refractivity contribution in [2.75, 3.05) is 50.8 Å². The van der Waals surface area contributed by atoms with Crippen LogP contribution < -0.4 is 15.0 Å². The predicted octanol–water partition coefficient (Wildman–Crippen LogP) is 3.25. The molecule has 0 aliphatic carbocycles. The highest BCUT2D eigenvalue weighted by atomic mass is 32.2. The van der Waals surface area contributed by atoms with Crippen molar-refractivity contribution in [1.29, 1.82) is 5.26 Å². The zero-order valence-electron chi connectivity index (χ0n) is 23.3. The highest BCUT2D eigenvalue weighted by Gasteiger charge is 2.39. The average molecular weight is 619 g/mol. The molecule has 0 saturated heterocycles. The minimum absolute atomic E-state index is 0.0144. The van der Waals surface area contributed by atoms with Gasteiger partial charge in [-0.1, -0.05) is 0 Å². The van der Waals surface area contributed by atoms with Crippen molar-refractivity contribution in [3.05, 3.63) is 70.5 Å². The summed E-state index contributed by atoms with van der Waals surface area (Å²) in [6.07, 6.45) is -2.18. The van der Waals surface area contributed by atoms with Crippen molar-refractivity contribution in [3.8, 4) is 11.8 Å². The summed E-state index contributed by atoms with van der Waals surface area (Å²) in [5.74, 6) is -2.39. The number of carbonyl (C=O) groups is 3. The summed E-state index contributed by atoms with van der Waals surface area (Å²) in [7, 11) is 2.47. The quantitative estimate of drug-likeness (QED) is 0.379. The molecule has 1 aliphatic heterocycles. The summed E-state index contributed by atoms with van der Waals surface area (Å²) in [4.78, 5) is 40.4. The number of aromatic nitrogens is 2. The number of likely N-dealkylation sites (N-methyl/N-ethyl adjacent to an activating group) is 1. The number of esters is 1. The highest BCUT2D eigenvalue weighted by Crippen LogP contribution is 2.37. The average Bonchev–Trinajstić information content (AvgIpc) is 3.40. The maximum absolute atomic E-state index is 13.8. The molecule has 1 aromatic heterocycles. The van der Waals surface area contributed by atoms with E-state index in [1.165, 1.54) is 46.7 Å². The minimum Gasteiger partial charge on any atom is -0.495 e. The molecule has 43 heavy (non-hydrogen) atoms. The summed E-state index contributed by atoms with van der Waals surface area (Å²) in [6, 6.07) is 8.08. The van der Waals surface area contributed by atoms with Gasteiger partial charge in [0.15, 0.2) is 5.69 Å². The molecule has 2 heterocycles. The van der Waals surface area contributed by atoms with Crippen molar-refractivity contribution in [2.24, 2.45) is 0 Å². The minimum atomic E-state index is -4.87. The topological polar surface area (TPSA) is 147 Å². The van der Waals surface area contributed by atoms with Crippen LogP contribution in [0.3, 0.4) is 0 Å². The van der Waals surface area contributed by atoms with E-state index in [-0.39, 0.29) is 47.0 Å². The second-order valence-corrected chi connectivity index (χ2v) is 10.8. The molecule has 0 spiro atoms. The molecular weight excluding hydrogens is 593 g/mol. The van der Waals surface area contributed by atoms with Crippen LogP contribution in [-0.2, 0) is 21.9 Å². The first-order valence-electron chi connectivity index (χ1n) is 12.4. The fraction of sp³-hybridized carbons (Fsp3) is 0.296. The normalized spacial score (nSPS) is 15.5. The predicted molar refractivity (Wildman–Crippen MR) is 148 cm³/mol. The number of carbonyl (C=O) groups excluding carboxylic acids is 3. The number of methoxy groups -OCH3 is 2. The summed E-state index contributed by atoms with van der Waals surface area (Å²) in [6.45, 7) is -0.0120. The van der Waals surface area contributed by atoms with Crippen LogP contribution >= 0.6 is 0 Å². The first-order chi connectivity index (χ1) is 20.3. The number of nitrogens with one attached hydrogen (secondary N) is 1. The van der Waals surface area contributed by atoms with Crippen LogP contribution in [0.5, 0.6) is 5.75 Å². The van der Waals surface area contributed by atoms with Gasteiger partial charge in [0.25, 0.3) is 11.8 Å². The third-order valence-corrected chi connectivity index (χ3v) is 7.77. The number of hydrogen-bond acceptors (Lipinski definition) is 8. The Morgan fingerprint density at radius 1 is 1.23 bits per heavy atom. The molecule has 0 fully saturated rings. The van der Waals surface area contributed by atoms with E-state index in [2.05, 4.69) is 15.2 Å². The SMILES string of the molecule is COC(=O)c1cc(N2CC(CN(C)S(C)=O)n3ncc(NC(=O)c4ccc(OC)c(C#N)c4)c3C2=O)ccc1C(F)(F)F. The molecule has 4 rings (SSSR count). The van der Waals surface area contributed by atoms with Gasteiger partial charge in [0.05, 0.1) is 66.4 Å². The molecule has 2 atom stereocenters. The highest BCUT2D eigenvalue weighted by molar-refractivity contribution is 7.81. The van der Waals surface area contributed by atoms with Gasteiger partial charge in [0.2, 0.25) is 0 Å². The summed E-state index contributed by atoms with van der Waals surface area (Å²) < 4.78 is 65.5. The Labute approximate surface area is 246 Å². The van der Waals surface area contributed by atoms with Crippen molar-refractivity contribution in [1.82, 2.24) is 14.1 Å². The molecule has 2 aromatic carbocycles. The van der Waals surface area contributed by atoms with Gasteiger partial charge in [-0.05, 0) is 43.4 Å². The number of amides is 2. The standard InChI is InChI=1S/C27H25F3N6O6S/c1-34(43(4)40)13-18-14-35(17-6-7-20(27(28,29)30)19(10-17)26(39)42-3)25(38)23-21(12-32-36(18)23)33-24(37)15-5-8-22(41-2)16(9-15)11-31/h5-10,12,18H,13-14H2,1-4H3,(H,33,37). The first kappa shape index (κ1) is 31.2. The molecule has 3 aromatic rings. The molecule has 2 unspecified atom stereocenters. The van der Waals surface area contributed by atoms with Crippen molar-refractivity contribution < 1.29 is 41.2 Å². The summed E-state index contributed by atoms with van der Waals surface area (Å²) in [5.41, 5.74) is -1.99. The second kappa shape index (κ2) is 12.2. The number of nitriles is 1. The third-order valence-electron chi connectivity index (χ3n) is 6.75. The van der Waals surface area contributed by atoms with Crippen LogP contribution in [-0.4, -0.2) is 76.7 Å². The Balaban J connectivity index is 1.78. The largest absolute Gasteiger partial charge is 0.495 e. The third kappa shape index (κ3) is 6.22. The lowest BCUT2D eigenvalue weighted by molar-refractivity contribution is -0.138. The molecule has 226 valence electrons. The van der Waals surface area contributed by atoms with Gasteiger partial charge < -0.3 is 19.7 Å². The number of anilines is 2. The van der Waals surface area contributed by atoms with Crippen LogP contribution in [0.15, 0.2) is 42.6 Å². The van der Waals surface area contributed by atoms with E-state index >= 15 is 0 Å². The van der Waals surface area contributed by atoms with Crippen molar-refractivity contribution in [2.45, 2.75) is 12.2 Å². The van der Waals surface area contributed by atoms with Crippen molar-refractivity contribution >= 4 is 40.1 Å². The van der Waals surface area contributed by atoms with E-state index in [4.69, 9.17) is 4.74 Å². The molecule has 2 amide bonds. The molecular formula is C27H25F3N6O6S. The Bertz CT molecular complexity index is 1670. The molecule has 1 aliphatic rings. The lowest BCUT2D eigenvalue weighted by Gasteiger charge is -2.35. The summed E-state index contributed by atoms with van der Waals surface area (Å²) in [5, 5.41) is 16.3. The van der Waals surface area contributed by atoms with Gasteiger partial charge in [0.1, 0.15) is 11.8 Å². The maximum atomic E-state index is 13.8. The molecule has 0 bridgehead atoms. The van der Waals surface area contributed by atoms with E-state index in [1.807, 2.05) is 6.07 Å². The number of ether oxygens (including phenoxy) is 2. The number of fused-ring (bicyclic) bond motifs is 1. The fourth-order valence-corrected chi connectivity index (χ4v) is 4.94. The number of alkyl halides is 3. The fourth-order valence-electron chi connectivity index (χ4n) is 4.56. The van der Waals surface area contributed by atoms with Crippen LogP contribution in [0, 0.1) is 11.3 Å². The Morgan fingerprint density at radius 2 is 1.95 bits per heavy atom. The number of benzene rings is 2. The number of hydrogen-bond donors (Lipinski definition) is 1. The zero-order valence-corrected chi connectivity index (χ0v) is 24.1. The van der Waals surface area contributed by atoms with Gasteiger partial charge in [-0.15, -0.1) is 0 Å². The Hall–Kier alpha value is -4.75. The number of nitrogens with zero attached hydrogens (tertiary/aromatic N) is 5. The molecule has 0 radical (unpaired) electrons. The van der Waals surface area contributed by atoms with Gasteiger partial charge in [-0.25, -0.2) is 13.3 Å². The van der Waals surface area contributed by atoms with Gasteiger partial charge in [-0.2, -0.15) is 23.5 Å². The maximum Gasteiger partial charge on any atom is 0.417 e. The first-order valence-corrected chi connectivity index (χ1v) is 13.9. The molecule has 1 N–H and O–H groups in total.